The van der Waals surface area contributed by atoms with Crippen molar-refractivity contribution in [1.82, 2.24) is 9.99 Å². The minimum atomic E-state index is -0.124. The number of benzene rings is 2. The molecule has 0 radical (unpaired) electrons. The maximum atomic E-state index is 12.0. The molecule has 0 saturated carbocycles. The molecular formula is C23H25N3O. The average Bonchev–Trinajstić information content (AvgIpc) is 2.92. The molecule has 4 heteroatoms. The second-order valence-electron chi connectivity index (χ2n) is 6.84. The first kappa shape index (κ1) is 18.6. The van der Waals surface area contributed by atoms with Crippen LogP contribution in [0, 0.1) is 27.7 Å². The molecule has 1 aromatic heterocycles. The van der Waals surface area contributed by atoms with Crippen molar-refractivity contribution in [3.05, 3.63) is 88.2 Å². The lowest BCUT2D eigenvalue weighted by molar-refractivity contribution is -0.120. The third-order valence-corrected chi connectivity index (χ3v) is 4.89. The molecule has 0 spiro atoms. The molecule has 1 amide bonds. The second kappa shape index (κ2) is 8.04. The predicted octanol–water partition coefficient (Wildman–Crippen LogP) is 4.40. The summed E-state index contributed by atoms with van der Waals surface area (Å²) in [6, 6.07) is 18.1. The highest BCUT2D eigenvalue weighted by Gasteiger charge is 2.12. The highest BCUT2D eigenvalue weighted by atomic mass is 16.2. The van der Waals surface area contributed by atoms with E-state index in [1.165, 1.54) is 16.8 Å². The first-order valence-electron chi connectivity index (χ1n) is 9.08. The zero-order valence-corrected chi connectivity index (χ0v) is 16.3. The maximum Gasteiger partial charge on any atom is 0.244 e. The molecule has 0 saturated heterocycles. The van der Waals surface area contributed by atoms with Crippen LogP contribution in [0.25, 0.3) is 5.69 Å². The van der Waals surface area contributed by atoms with Gasteiger partial charge in [-0.3, -0.25) is 4.79 Å². The van der Waals surface area contributed by atoms with Crippen molar-refractivity contribution in [2.75, 3.05) is 0 Å². The van der Waals surface area contributed by atoms with E-state index < -0.39 is 0 Å². The number of hydrogen-bond donors (Lipinski definition) is 1. The smallest absolute Gasteiger partial charge is 0.244 e. The zero-order valence-electron chi connectivity index (χ0n) is 16.3. The summed E-state index contributed by atoms with van der Waals surface area (Å²) in [5.41, 5.74) is 10.5. The Bertz CT molecular complexity index is 984. The van der Waals surface area contributed by atoms with Gasteiger partial charge in [0.05, 0.1) is 12.6 Å². The van der Waals surface area contributed by atoms with Crippen LogP contribution in [0.1, 0.15) is 33.6 Å². The van der Waals surface area contributed by atoms with Crippen molar-refractivity contribution in [1.29, 1.82) is 0 Å². The fourth-order valence-electron chi connectivity index (χ4n) is 3.26. The van der Waals surface area contributed by atoms with E-state index in [0.717, 1.165) is 22.5 Å². The normalized spacial score (nSPS) is 11.1. The molecule has 1 heterocycles. The van der Waals surface area contributed by atoms with E-state index in [9.17, 15) is 4.79 Å². The van der Waals surface area contributed by atoms with E-state index >= 15 is 0 Å². The van der Waals surface area contributed by atoms with Crippen LogP contribution >= 0.6 is 0 Å². The van der Waals surface area contributed by atoms with Gasteiger partial charge in [0, 0.05) is 22.6 Å². The molecule has 0 bridgehead atoms. The van der Waals surface area contributed by atoms with Crippen LogP contribution in [0.2, 0.25) is 0 Å². The standard InChI is InChI=1S/C23H25N3O/c1-16-9-8-12-22(18(16)3)26-17(2)13-21(19(26)4)15-24-25-23(27)14-20-10-6-5-7-11-20/h5-13,15H,14H2,1-4H3,(H,25,27)/b24-15+. The molecular weight excluding hydrogens is 334 g/mol. The molecule has 27 heavy (non-hydrogen) atoms. The molecule has 0 aliphatic carbocycles. The third kappa shape index (κ3) is 4.17. The van der Waals surface area contributed by atoms with Crippen LogP contribution in [-0.2, 0) is 11.2 Å². The molecule has 0 unspecified atom stereocenters. The number of rotatable bonds is 5. The molecule has 4 nitrogen and oxygen atoms in total. The van der Waals surface area contributed by atoms with E-state index in [4.69, 9.17) is 0 Å². The summed E-state index contributed by atoms with van der Waals surface area (Å²) in [6.07, 6.45) is 2.03. The van der Waals surface area contributed by atoms with Gasteiger partial charge in [0.1, 0.15) is 0 Å². The monoisotopic (exact) mass is 359 g/mol. The number of hydrazone groups is 1. The number of carbonyl (C=O) groups is 1. The number of nitrogens with one attached hydrogen (secondary N) is 1. The zero-order chi connectivity index (χ0) is 19.4. The summed E-state index contributed by atoms with van der Waals surface area (Å²) in [7, 11) is 0. The number of hydrogen-bond acceptors (Lipinski definition) is 2. The molecule has 0 aliphatic heterocycles. The van der Waals surface area contributed by atoms with Gasteiger partial charge in [-0.1, -0.05) is 42.5 Å². The molecule has 2 aromatic carbocycles. The Morgan fingerprint density at radius 1 is 1.04 bits per heavy atom. The van der Waals surface area contributed by atoms with Crippen LogP contribution in [0.3, 0.4) is 0 Å². The number of carbonyl (C=O) groups excluding carboxylic acids is 1. The van der Waals surface area contributed by atoms with Crippen LogP contribution in [0.15, 0.2) is 59.7 Å². The average molecular weight is 359 g/mol. The van der Waals surface area contributed by atoms with Crippen LogP contribution in [0.5, 0.6) is 0 Å². The summed E-state index contributed by atoms with van der Waals surface area (Å²) >= 11 is 0. The summed E-state index contributed by atoms with van der Waals surface area (Å²) in [5, 5.41) is 4.15. The van der Waals surface area contributed by atoms with Crippen molar-refractivity contribution in [3.63, 3.8) is 0 Å². The van der Waals surface area contributed by atoms with E-state index in [-0.39, 0.29) is 5.91 Å². The van der Waals surface area contributed by atoms with Gasteiger partial charge in [-0.05, 0) is 56.5 Å². The summed E-state index contributed by atoms with van der Waals surface area (Å²) in [5.74, 6) is -0.124. The Balaban J connectivity index is 1.76. The molecule has 0 aliphatic rings. The summed E-state index contributed by atoms with van der Waals surface area (Å²) in [6.45, 7) is 8.42. The van der Waals surface area contributed by atoms with Gasteiger partial charge in [-0.15, -0.1) is 0 Å². The van der Waals surface area contributed by atoms with Gasteiger partial charge in [-0.25, -0.2) is 5.43 Å². The number of aryl methyl sites for hydroxylation is 2. The summed E-state index contributed by atoms with van der Waals surface area (Å²) in [4.78, 5) is 12.0. The lowest BCUT2D eigenvalue weighted by Crippen LogP contribution is -2.19. The third-order valence-electron chi connectivity index (χ3n) is 4.89. The number of amides is 1. The predicted molar refractivity (Wildman–Crippen MR) is 111 cm³/mol. The lowest BCUT2D eigenvalue weighted by atomic mass is 10.1. The van der Waals surface area contributed by atoms with Crippen LogP contribution in [-0.4, -0.2) is 16.7 Å². The molecule has 0 atom stereocenters. The van der Waals surface area contributed by atoms with Gasteiger partial charge in [0.15, 0.2) is 0 Å². The topological polar surface area (TPSA) is 46.4 Å². The van der Waals surface area contributed by atoms with Gasteiger partial charge in [-0.2, -0.15) is 5.10 Å². The Morgan fingerprint density at radius 2 is 1.78 bits per heavy atom. The molecule has 0 fully saturated rings. The first-order valence-corrected chi connectivity index (χ1v) is 9.08. The van der Waals surface area contributed by atoms with Crippen molar-refractivity contribution >= 4 is 12.1 Å². The number of nitrogens with zero attached hydrogens (tertiary/aromatic N) is 2. The van der Waals surface area contributed by atoms with E-state index in [0.29, 0.717) is 6.42 Å². The van der Waals surface area contributed by atoms with E-state index in [1.807, 2.05) is 30.3 Å². The van der Waals surface area contributed by atoms with Crippen LogP contribution < -0.4 is 5.43 Å². The van der Waals surface area contributed by atoms with Gasteiger partial charge < -0.3 is 4.57 Å². The quantitative estimate of drug-likeness (QED) is 0.532. The van der Waals surface area contributed by atoms with E-state index in [2.05, 4.69) is 67.1 Å². The molecule has 1 N–H and O–H groups in total. The molecule has 3 rings (SSSR count). The van der Waals surface area contributed by atoms with Gasteiger partial charge >= 0.3 is 0 Å². The first-order chi connectivity index (χ1) is 13.0. The molecule has 3 aromatic rings. The Morgan fingerprint density at radius 3 is 2.52 bits per heavy atom. The van der Waals surface area contributed by atoms with E-state index in [1.54, 1.807) is 6.21 Å². The van der Waals surface area contributed by atoms with Gasteiger partial charge in [0.2, 0.25) is 5.91 Å². The highest BCUT2D eigenvalue weighted by Crippen LogP contribution is 2.24. The Kier molecular flexibility index (Phi) is 5.55. The van der Waals surface area contributed by atoms with Crippen molar-refractivity contribution < 1.29 is 4.79 Å². The van der Waals surface area contributed by atoms with Crippen LogP contribution in [0.4, 0.5) is 0 Å². The highest BCUT2D eigenvalue weighted by molar-refractivity contribution is 5.84. The van der Waals surface area contributed by atoms with Crippen molar-refractivity contribution in [2.24, 2.45) is 5.10 Å². The Hall–Kier alpha value is -3.14. The fraction of sp³-hybridized carbons (Fsp3) is 0.217. The molecule has 138 valence electrons. The maximum absolute atomic E-state index is 12.0. The Labute approximate surface area is 160 Å². The number of aromatic nitrogens is 1. The van der Waals surface area contributed by atoms with Gasteiger partial charge in [0.25, 0.3) is 0 Å². The van der Waals surface area contributed by atoms with Crippen molar-refractivity contribution in [2.45, 2.75) is 34.1 Å². The van der Waals surface area contributed by atoms with Crippen molar-refractivity contribution in [3.8, 4) is 5.69 Å². The SMILES string of the molecule is Cc1cccc(-n2c(C)cc(/C=N/NC(=O)Cc3ccccc3)c2C)c1C. The minimum Gasteiger partial charge on any atom is -0.318 e. The fourth-order valence-corrected chi connectivity index (χ4v) is 3.26. The largest absolute Gasteiger partial charge is 0.318 e. The second-order valence-corrected chi connectivity index (χ2v) is 6.84. The summed E-state index contributed by atoms with van der Waals surface area (Å²) < 4.78 is 2.23. The minimum absolute atomic E-state index is 0.124. The lowest BCUT2D eigenvalue weighted by Gasteiger charge is -2.14.